The van der Waals surface area contributed by atoms with E-state index in [-0.39, 0.29) is 0 Å². The first-order chi connectivity index (χ1) is 11.1. The summed E-state index contributed by atoms with van der Waals surface area (Å²) >= 11 is 6.32. The van der Waals surface area contributed by atoms with Gasteiger partial charge in [0.15, 0.2) is 0 Å². The van der Waals surface area contributed by atoms with Crippen LogP contribution in [0.2, 0.25) is 5.02 Å². The van der Waals surface area contributed by atoms with Crippen molar-refractivity contribution in [2.24, 2.45) is 0 Å². The molecule has 0 aromatic heterocycles. The number of hydrogen-bond acceptors (Lipinski definition) is 2. The van der Waals surface area contributed by atoms with Crippen molar-refractivity contribution in [3.05, 3.63) is 64.7 Å². The molecule has 2 aromatic carbocycles. The summed E-state index contributed by atoms with van der Waals surface area (Å²) in [5, 5.41) is 10.1. The monoisotopic (exact) mass is 330 g/mol. The van der Waals surface area contributed by atoms with Gasteiger partial charge in [-0.25, -0.2) is 0 Å². The topological polar surface area (TPSA) is 46.5 Å². The van der Waals surface area contributed by atoms with E-state index in [1.807, 2.05) is 36.4 Å². The highest BCUT2D eigenvalue weighted by atomic mass is 35.5. The lowest BCUT2D eigenvalue weighted by Gasteiger charge is -2.25. The van der Waals surface area contributed by atoms with Crippen molar-refractivity contribution in [1.82, 2.24) is 0 Å². The zero-order valence-electron chi connectivity index (χ0n) is 12.8. The van der Waals surface area contributed by atoms with Crippen molar-refractivity contribution in [3.8, 4) is 5.75 Å². The van der Waals surface area contributed by atoms with Crippen LogP contribution in [0.4, 0.5) is 0 Å². The first kappa shape index (κ1) is 15.9. The zero-order chi connectivity index (χ0) is 16.3. The van der Waals surface area contributed by atoms with Gasteiger partial charge in [-0.15, -0.1) is 0 Å². The summed E-state index contributed by atoms with van der Waals surface area (Å²) in [4.78, 5) is 11.8. The summed E-state index contributed by atoms with van der Waals surface area (Å²) in [6.45, 7) is 0.435. The summed E-state index contributed by atoms with van der Waals surface area (Å²) in [5.74, 6) is -0.179. The molecule has 0 saturated heterocycles. The van der Waals surface area contributed by atoms with Crippen molar-refractivity contribution in [2.45, 2.75) is 37.7 Å². The highest BCUT2D eigenvalue weighted by molar-refractivity contribution is 6.32. The number of halogens is 1. The molecule has 0 aliphatic heterocycles. The Morgan fingerprint density at radius 1 is 1.13 bits per heavy atom. The minimum absolute atomic E-state index is 0.435. The van der Waals surface area contributed by atoms with Gasteiger partial charge in [-0.2, -0.15) is 0 Å². The maximum Gasteiger partial charge on any atom is 0.314 e. The average Bonchev–Trinajstić information content (AvgIpc) is 3.06. The van der Waals surface area contributed by atoms with Crippen LogP contribution in [0.1, 0.15) is 36.8 Å². The molecular weight excluding hydrogens is 312 g/mol. The van der Waals surface area contributed by atoms with Crippen molar-refractivity contribution >= 4 is 17.6 Å². The number of ether oxygens (including phenoxy) is 1. The molecule has 0 amide bonds. The van der Waals surface area contributed by atoms with Gasteiger partial charge in [0, 0.05) is 0 Å². The van der Waals surface area contributed by atoms with Gasteiger partial charge in [0.25, 0.3) is 0 Å². The summed E-state index contributed by atoms with van der Waals surface area (Å²) in [7, 11) is 0. The number of benzene rings is 2. The van der Waals surface area contributed by atoms with E-state index >= 15 is 0 Å². The van der Waals surface area contributed by atoms with E-state index in [1.54, 1.807) is 12.1 Å². The van der Waals surface area contributed by atoms with Gasteiger partial charge in [-0.3, -0.25) is 4.79 Å². The van der Waals surface area contributed by atoms with Crippen molar-refractivity contribution in [1.29, 1.82) is 0 Å². The normalized spacial score (nSPS) is 16.2. The standard InChI is InChI=1S/C19H19ClO3/c20-16-12-15(19(18(21)22)10-4-5-11-19)8-9-17(16)23-13-14-6-2-1-3-7-14/h1-3,6-9,12H,4-5,10-11,13H2,(H,21,22). The molecule has 3 nitrogen and oxygen atoms in total. The van der Waals surface area contributed by atoms with Crippen LogP contribution in [0, 0.1) is 0 Å². The predicted molar refractivity (Wildman–Crippen MR) is 90.0 cm³/mol. The third kappa shape index (κ3) is 3.20. The Bertz CT molecular complexity index is 691. The number of rotatable bonds is 5. The van der Waals surface area contributed by atoms with Crippen LogP contribution in [0.25, 0.3) is 0 Å². The summed E-state index contributed by atoms with van der Waals surface area (Å²) < 4.78 is 5.75. The molecule has 1 fully saturated rings. The Morgan fingerprint density at radius 3 is 2.43 bits per heavy atom. The molecule has 23 heavy (non-hydrogen) atoms. The maximum atomic E-state index is 11.8. The summed E-state index contributed by atoms with van der Waals surface area (Å²) in [6, 6.07) is 15.2. The van der Waals surface area contributed by atoms with Crippen LogP contribution in [0.3, 0.4) is 0 Å². The lowest BCUT2D eigenvalue weighted by atomic mass is 9.79. The second kappa shape index (κ2) is 6.63. The fraction of sp³-hybridized carbons (Fsp3) is 0.316. The van der Waals surface area contributed by atoms with Crippen molar-refractivity contribution < 1.29 is 14.6 Å². The van der Waals surface area contributed by atoms with Crippen LogP contribution >= 0.6 is 11.6 Å². The van der Waals surface area contributed by atoms with Gasteiger partial charge >= 0.3 is 5.97 Å². The van der Waals surface area contributed by atoms with Crippen LogP contribution in [0.5, 0.6) is 5.75 Å². The first-order valence-electron chi connectivity index (χ1n) is 7.82. The SMILES string of the molecule is O=C(O)C1(c2ccc(OCc3ccccc3)c(Cl)c2)CCCC1. The van der Waals surface area contributed by atoms with Gasteiger partial charge in [-0.05, 0) is 36.1 Å². The van der Waals surface area contributed by atoms with E-state index in [2.05, 4.69) is 0 Å². The van der Waals surface area contributed by atoms with Gasteiger partial charge < -0.3 is 9.84 Å². The molecule has 4 heteroatoms. The molecule has 120 valence electrons. The van der Waals surface area contributed by atoms with Crippen LogP contribution in [-0.2, 0) is 16.8 Å². The lowest BCUT2D eigenvalue weighted by molar-refractivity contribution is -0.143. The van der Waals surface area contributed by atoms with Crippen LogP contribution in [-0.4, -0.2) is 11.1 Å². The molecule has 0 bridgehead atoms. The summed E-state index contributed by atoms with van der Waals surface area (Å²) in [6.07, 6.45) is 3.22. The van der Waals surface area contributed by atoms with E-state index in [0.29, 0.717) is 30.2 Å². The quantitative estimate of drug-likeness (QED) is 0.855. The Labute approximate surface area is 140 Å². The fourth-order valence-electron chi connectivity index (χ4n) is 3.26. The second-order valence-electron chi connectivity index (χ2n) is 6.01. The molecule has 0 atom stereocenters. The molecule has 3 rings (SSSR count). The molecule has 1 N–H and O–H groups in total. The van der Waals surface area contributed by atoms with E-state index in [9.17, 15) is 9.90 Å². The molecule has 1 saturated carbocycles. The number of carbonyl (C=O) groups is 1. The Kier molecular flexibility index (Phi) is 4.58. The van der Waals surface area contributed by atoms with Gasteiger partial charge in [0.1, 0.15) is 12.4 Å². The Hall–Kier alpha value is -2.00. The molecule has 1 aliphatic carbocycles. The zero-order valence-corrected chi connectivity index (χ0v) is 13.6. The molecule has 0 radical (unpaired) electrons. The van der Waals surface area contributed by atoms with Crippen LogP contribution in [0.15, 0.2) is 48.5 Å². The van der Waals surface area contributed by atoms with E-state index in [0.717, 1.165) is 24.0 Å². The second-order valence-corrected chi connectivity index (χ2v) is 6.42. The van der Waals surface area contributed by atoms with Crippen LogP contribution < -0.4 is 4.74 Å². The third-order valence-electron chi connectivity index (χ3n) is 4.59. The smallest absolute Gasteiger partial charge is 0.314 e. The predicted octanol–water partition coefficient (Wildman–Crippen LogP) is 4.82. The number of hydrogen-bond donors (Lipinski definition) is 1. The minimum Gasteiger partial charge on any atom is -0.487 e. The molecule has 2 aromatic rings. The third-order valence-corrected chi connectivity index (χ3v) is 4.88. The molecule has 0 heterocycles. The molecule has 1 aliphatic rings. The number of carboxylic acids is 1. The lowest BCUT2D eigenvalue weighted by Crippen LogP contribution is -2.32. The largest absolute Gasteiger partial charge is 0.487 e. The number of carboxylic acid groups (broad SMARTS) is 1. The highest BCUT2D eigenvalue weighted by Crippen LogP contribution is 2.43. The van der Waals surface area contributed by atoms with Crippen molar-refractivity contribution in [3.63, 3.8) is 0 Å². The molecular formula is C19H19ClO3. The Morgan fingerprint density at radius 2 is 1.83 bits per heavy atom. The summed E-state index contributed by atoms with van der Waals surface area (Å²) in [5.41, 5.74) is 1.05. The fourth-order valence-corrected chi connectivity index (χ4v) is 3.49. The van der Waals surface area contributed by atoms with Gasteiger partial charge in [0.05, 0.1) is 10.4 Å². The van der Waals surface area contributed by atoms with E-state index in [4.69, 9.17) is 16.3 Å². The Balaban J connectivity index is 1.79. The van der Waals surface area contributed by atoms with Gasteiger partial charge in [0.2, 0.25) is 0 Å². The van der Waals surface area contributed by atoms with E-state index in [1.165, 1.54) is 0 Å². The molecule has 0 unspecified atom stereocenters. The first-order valence-corrected chi connectivity index (χ1v) is 8.20. The minimum atomic E-state index is -0.790. The average molecular weight is 331 g/mol. The maximum absolute atomic E-state index is 11.8. The molecule has 0 spiro atoms. The number of aliphatic carboxylic acids is 1. The van der Waals surface area contributed by atoms with Crippen molar-refractivity contribution in [2.75, 3.05) is 0 Å². The van der Waals surface area contributed by atoms with E-state index < -0.39 is 11.4 Å². The van der Waals surface area contributed by atoms with Gasteiger partial charge in [-0.1, -0.05) is 60.8 Å². The highest BCUT2D eigenvalue weighted by Gasteiger charge is 2.43.